The van der Waals surface area contributed by atoms with Crippen LogP contribution in [-0.4, -0.2) is 66.3 Å². The van der Waals surface area contributed by atoms with Gasteiger partial charge in [-0.3, -0.25) is 4.79 Å². The van der Waals surface area contributed by atoms with E-state index in [9.17, 15) is 4.79 Å². The lowest BCUT2D eigenvalue weighted by Crippen LogP contribution is -2.45. The van der Waals surface area contributed by atoms with Gasteiger partial charge in [0.05, 0.1) is 12.6 Å². The summed E-state index contributed by atoms with van der Waals surface area (Å²) in [7, 11) is 4.07. The molecule has 0 amide bonds. The van der Waals surface area contributed by atoms with Crippen LogP contribution in [-0.2, 0) is 11.3 Å². The second-order valence-corrected chi connectivity index (χ2v) is 8.15. The van der Waals surface area contributed by atoms with Gasteiger partial charge in [-0.05, 0) is 69.7 Å². The summed E-state index contributed by atoms with van der Waals surface area (Å²) >= 11 is 5.65. The average Bonchev–Trinajstić information content (AvgIpc) is 3.17. The minimum absolute atomic E-state index is 0.0619. The highest BCUT2D eigenvalue weighted by atomic mass is 32.1. The Labute approximate surface area is 171 Å². The molecule has 0 radical (unpaired) electrons. The summed E-state index contributed by atoms with van der Waals surface area (Å²) < 4.78 is 5.67. The quantitative estimate of drug-likeness (QED) is 0.693. The SMILES string of the molecule is Cc1ccc2[nH]c(=O)c(CN(CCN(C)C)C(=S)NC[C@H]3CCCO3)cc2c1. The molecule has 1 fully saturated rings. The van der Waals surface area contributed by atoms with Crippen LogP contribution in [0, 0.1) is 6.92 Å². The van der Waals surface area contributed by atoms with Crippen LogP contribution < -0.4 is 10.9 Å². The summed E-state index contributed by atoms with van der Waals surface area (Å²) in [6.45, 7) is 5.67. The van der Waals surface area contributed by atoms with Gasteiger partial charge in [0.1, 0.15) is 0 Å². The van der Waals surface area contributed by atoms with Crippen LogP contribution in [0.15, 0.2) is 29.1 Å². The number of nitrogens with zero attached hydrogens (tertiary/aromatic N) is 2. The van der Waals surface area contributed by atoms with Gasteiger partial charge >= 0.3 is 0 Å². The number of likely N-dealkylation sites (N-methyl/N-ethyl adjacent to an activating group) is 1. The third-order valence-corrected chi connectivity index (χ3v) is 5.45. The van der Waals surface area contributed by atoms with Crippen molar-refractivity contribution < 1.29 is 4.74 Å². The first-order valence-corrected chi connectivity index (χ1v) is 10.2. The number of H-pyrrole nitrogens is 1. The van der Waals surface area contributed by atoms with E-state index < -0.39 is 0 Å². The molecule has 2 aromatic rings. The first kappa shape index (κ1) is 20.8. The second kappa shape index (κ2) is 9.49. The summed E-state index contributed by atoms with van der Waals surface area (Å²) in [6.07, 6.45) is 2.40. The Morgan fingerprint density at radius 3 is 2.86 bits per heavy atom. The molecule has 1 aromatic heterocycles. The number of benzene rings is 1. The predicted molar refractivity (Wildman–Crippen MR) is 118 cm³/mol. The van der Waals surface area contributed by atoms with Gasteiger partial charge < -0.3 is 24.8 Å². The zero-order valence-corrected chi connectivity index (χ0v) is 17.8. The first-order chi connectivity index (χ1) is 13.4. The Morgan fingerprint density at radius 2 is 2.14 bits per heavy atom. The Hall–Kier alpha value is -1.96. The van der Waals surface area contributed by atoms with Crippen molar-refractivity contribution in [1.29, 1.82) is 0 Å². The lowest BCUT2D eigenvalue weighted by molar-refractivity contribution is 0.113. The number of fused-ring (bicyclic) bond motifs is 1. The van der Waals surface area contributed by atoms with Crippen LogP contribution in [0.25, 0.3) is 10.9 Å². The largest absolute Gasteiger partial charge is 0.376 e. The number of aryl methyl sites for hydroxylation is 1. The minimum atomic E-state index is -0.0619. The number of aromatic amines is 1. The molecule has 152 valence electrons. The van der Waals surface area contributed by atoms with Gasteiger partial charge in [0.25, 0.3) is 5.56 Å². The van der Waals surface area contributed by atoms with Crippen LogP contribution in [0.3, 0.4) is 0 Å². The molecule has 0 spiro atoms. The molecule has 1 aliphatic rings. The monoisotopic (exact) mass is 402 g/mol. The number of hydrogen-bond donors (Lipinski definition) is 2. The fourth-order valence-electron chi connectivity index (χ4n) is 3.39. The van der Waals surface area contributed by atoms with E-state index in [1.165, 1.54) is 5.56 Å². The second-order valence-electron chi connectivity index (χ2n) is 7.76. The molecule has 0 saturated carbocycles. The summed E-state index contributed by atoms with van der Waals surface area (Å²) in [5, 5.41) is 5.05. The summed E-state index contributed by atoms with van der Waals surface area (Å²) in [5.41, 5.74) is 2.69. The number of rotatable bonds is 7. The summed E-state index contributed by atoms with van der Waals surface area (Å²) in [4.78, 5) is 19.8. The smallest absolute Gasteiger partial charge is 0.253 e. The number of hydrogen-bond acceptors (Lipinski definition) is 4. The van der Waals surface area contributed by atoms with E-state index in [-0.39, 0.29) is 11.7 Å². The lowest BCUT2D eigenvalue weighted by atomic mass is 10.1. The lowest BCUT2D eigenvalue weighted by Gasteiger charge is -2.28. The summed E-state index contributed by atoms with van der Waals surface area (Å²) in [5.74, 6) is 0. The van der Waals surface area contributed by atoms with Crippen molar-refractivity contribution in [3.8, 4) is 0 Å². The molecule has 1 aromatic carbocycles. The number of thiocarbonyl (C=S) groups is 1. The van der Waals surface area contributed by atoms with Gasteiger partial charge in [0.2, 0.25) is 0 Å². The number of ether oxygens (including phenoxy) is 1. The zero-order valence-electron chi connectivity index (χ0n) is 17.0. The van der Waals surface area contributed by atoms with Crippen molar-refractivity contribution in [2.24, 2.45) is 0 Å². The molecule has 28 heavy (non-hydrogen) atoms. The highest BCUT2D eigenvalue weighted by molar-refractivity contribution is 7.80. The molecular weight excluding hydrogens is 372 g/mol. The maximum absolute atomic E-state index is 12.6. The van der Waals surface area contributed by atoms with E-state index in [1.807, 2.05) is 32.3 Å². The fraction of sp³-hybridized carbons (Fsp3) is 0.524. The maximum atomic E-state index is 12.6. The third-order valence-electron chi connectivity index (χ3n) is 5.05. The van der Waals surface area contributed by atoms with Gasteiger partial charge in [-0.25, -0.2) is 0 Å². The Balaban J connectivity index is 1.75. The Morgan fingerprint density at radius 1 is 1.32 bits per heavy atom. The molecular formula is C21H30N4O2S. The van der Waals surface area contributed by atoms with Gasteiger partial charge in [-0.15, -0.1) is 0 Å². The van der Waals surface area contributed by atoms with Crippen molar-refractivity contribution in [3.63, 3.8) is 0 Å². The zero-order chi connectivity index (χ0) is 20.1. The molecule has 6 nitrogen and oxygen atoms in total. The van der Waals surface area contributed by atoms with Gasteiger partial charge in [0.15, 0.2) is 5.11 Å². The van der Waals surface area contributed by atoms with Crippen molar-refractivity contribution >= 4 is 28.2 Å². The van der Waals surface area contributed by atoms with E-state index in [2.05, 4.69) is 33.1 Å². The van der Waals surface area contributed by atoms with Gasteiger partial charge in [-0.1, -0.05) is 11.6 Å². The van der Waals surface area contributed by atoms with E-state index in [1.54, 1.807) is 0 Å². The van der Waals surface area contributed by atoms with Crippen molar-refractivity contribution in [2.75, 3.05) is 40.3 Å². The molecule has 1 aliphatic heterocycles. The highest BCUT2D eigenvalue weighted by Crippen LogP contribution is 2.15. The maximum Gasteiger partial charge on any atom is 0.253 e. The number of pyridine rings is 1. The van der Waals surface area contributed by atoms with E-state index >= 15 is 0 Å². The van der Waals surface area contributed by atoms with Crippen molar-refractivity contribution in [2.45, 2.75) is 32.4 Å². The van der Waals surface area contributed by atoms with Crippen LogP contribution in [0.4, 0.5) is 0 Å². The highest BCUT2D eigenvalue weighted by Gasteiger charge is 2.18. The summed E-state index contributed by atoms with van der Waals surface area (Å²) in [6, 6.07) is 8.03. The third kappa shape index (κ3) is 5.53. The van der Waals surface area contributed by atoms with Crippen LogP contribution in [0.1, 0.15) is 24.0 Å². The predicted octanol–water partition coefficient (Wildman–Crippen LogP) is 2.25. The molecule has 2 N–H and O–H groups in total. The van der Waals surface area contributed by atoms with Crippen LogP contribution in [0.5, 0.6) is 0 Å². The van der Waals surface area contributed by atoms with Gasteiger partial charge in [0, 0.05) is 37.3 Å². The number of aromatic nitrogens is 1. The normalized spacial score (nSPS) is 16.6. The van der Waals surface area contributed by atoms with Crippen molar-refractivity contribution in [1.82, 2.24) is 20.1 Å². The molecule has 0 aliphatic carbocycles. The van der Waals surface area contributed by atoms with Crippen LogP contribution in [0.2, 0.25) is 0 Å². The van der Waals surface area contributed by atoms with Gasteiger partial charge in [-0.2, -0.15) is 0 Å². The average molecular weight is 403 g/mol. The molecule has 1 atom stereocenters. The molecule has 2 heterocycles. The number of nitrogens with one attached hydrogen (secondary N) is 2. The first-order valence-electron chi connectivity index (χ1n) is 9.84. The van der Waals surface area contributed by atoms with Crippen molar-refractivity contribution in [3.05, 3.63) is 45.7 Å². The van der Waals surface area contributed by atoms with E-state index in [4.69, 9.17) is 17.0 Å². The Kier molecular flexibility index (Phi) is 7.04. The van der Waals surface area contributed by atoms with E-state index in [0.29, 0.717) is 18.2 Å². The molecule has 7 heteroatoms. The molecule has 1 saturated heterocycles. The van der Waals surface area contributed by atoms with Crippen LogP contribution >= 0.6 is 12.2 Å². The molecule has 0 bridgehead atoms. The fourth-order valence-corrected chi connectivity index (χ4v) is 3.62. The standard InChI is InChI=1S/C21H30N4O2S/c1-15-6-7-19-16(11-15)12-17(20(26)23-19)14-25(9-8-24(2)3)21(28)22-13-18-5-4-10-27-18/h6-7,11-12,18H,4-5,8-10,13-14H2,1-3H3,(H,22,28)(H,23,26)/t18-/m1/s1. The minimum Gasteiger partial charge on any atom is -0.376 e. The topological polar surface area (TPSA) is 60.6 Å². The Bertz CT molecular complexity index is 874. The molecule has 0 unspecified atom stereocenters. The molecule has 3 rings (SSSR count). The van der Waals surface area contributed by atoms with E-state index in [0.717, 1.165) is 49.0 Å².